The van der Waals surface area contributed by atoms with E-state index in [4.69, 9.17) is 11.6 Å². The molecule has 3 nitrogen and oxygen atoms in total. The van der Waals surface area contributed by atoms with Crippen molar-refractivity contribution in [3.05, 3.63) is 35.4 Å². The number of halogens is 1. The lowest BCUT2D eigenvalue weighted by molar-refractivity contribution is 0.0916. The van der Waals surface area contributed by atoms with Gasteiger partial charge in [-0.25, -0.2) is 0 Å². The van der Waals surface area contributed by atoms with Gasteiger partial charge in [-0.15, -0.1) is 11.6 Å². The summed E-state index contributed by atoms with van der Waals surface area (Å²) >= 11 is 5.71. The standard InChI is InChI=1S/C14H18ClNO2/c15-8-10-4-6-11(7-5-10)14(18)16-13-3-1-2-12(13)9-17/h4-7,12-13,17H,1-3,8-9H2,(H,16,18). The maximum absolute atomic E-state index is 12.0. The lowest BCUT2D eigenvalue weighted by Crippen LogP contribution is -2.38. The lowest BCUT2D eigenvalue weighted by atomic mass is 10.0. The average molecular weight is 268 g/mol. The van der Waals surface area contributed by atoms with Crippen molar-refractivity contribution in [2.45, 2.75) is 31.2 Å². The number of carbonyl (C=O) groups is 1. The summed E-state index contributed by atoms with van der Waals surface area (Å²) in [5.41, 5.74) is 1.65. The van der Waals surface area contributed by atoms with Gasteiger partial charge in [0, 0.05) is 30.0 Å². The normalized spacial score (nSPS) is 23.0. The summed E-state index contributed by atoms with van der Waals surface area (Å²) in [6.45, 7) is 0.149. The molecule has 2 N–H and O–H groups in total. The minimum Gasteiger partial charge on any atom is -0.396 e. The molecular weight excluding hydrogens is 250 g/mol. The zero-order valence-corrected chi connectivity index (χ0v) is 11.0. The SMILES string of the molecule is O=C(NC1CCCC1CO)c1ccc(CCl)cc1. The second-order valence-electron chi connectivity index (χ2n) is 4.78. The third-order valence-electron chi connectivity index (χ3n) is 3.58. The Morgan fingerprint density at radius 3 is 2.67 bits per heavy atom. The molecule has 1 aliphatic rings. The predicted molar refractivity (Wildman–Crippen MR) is 71.7 cm³/mol. The first-order chi connectivity index (χ1) is 8.74. The van der Waals surface area contributed by atoms with Crippen LogP contribution < -0.4 is 5.32 Å². The quantitative estimate of drug-likeness (QED) is 0.823. The van der Waals surface area contributed by atoms with Crippen LogP contribution in [0.15, 0.2) is 24.3 Å². The van der Waals surface area contributed by atoms with Crippen molar-refractivity contribution >= 4 is 17.5 Å². The molecule has 1 aromatic carbocycles. The summed E-state index contributed by atoms with van der Waals surface area (Å²) in [6.07, 6.45) is 3.02. The van der Waals surface area contributed by atoms with E-state index in [-0.39, 0.29) is 24.5 Å². The highest BCUT2D eigenvalue weighted by Crippen LogP contribution is 2.25. The predicted octanol–water partition coefficient (Wildman–Crippen LogP) is 2.32. The van der Waals surface area contributed by atoms with Crippen molar-refractivity contribution in [1.82, 2.24) is 5.32 Å². The molecule has 1 fully saturated rings. The second kappa shape index (κ2) is 6.21. The fourth-order valence-electron chi connectivity index (χ4n) is 2.44. The van der Waals surface area contributed by atoms with Gasteiger partial charge >= 0.3 is 0 Å². The van der Waals surface area contributed by atoms with Crippen LogP contribution in [-0.4, -0.2) is 23.7 Å². The maximum Gasteiger partial charge on any atom is 0.251 e. The highest BCUT2D eigenvalue weighted by atomic mass is 35.5. The van der Waals surface area contributed by atoms with E-state index in [1.807, 2.05) is 12.1 Å². The van der Waals surface area contributed by atoms with Gasteiger partial charge in [-0.3, -0.25) is 4.79 Å². The zero-order chi connectivity index (χ0) is 13.0. The van der Waals surface area contributed by atoms with Gasteiger partial charge in [0.25, 0.3) is 5.91 Å². The number of rotatable bonds is 4. The molecule has 1 amide bonds. The Bertz CT molecular complexity index is 405. The third kappa shape index (κ3) is 3.03. The lowest BCUT2D eigenvalue weighted by Gasteiger charge is -2.19. The summed E-state index contributed by atoms with van der Waals surface area (Å²) in [7, 11) is 0. The molecule has 1 aliphatic carbocycles. The van der Waals surface area contributed by atoms with E-state index in [2.05, 4.69) is 5.32 Å². The first kappa shape index (κ1) is 13.4. The summed E-state index contributed by atoms with van der Waals surface area (Å²) < 4.78 is 0. The van der Waals surface area contributed by atoms with E-state index in [9.17, 15) is 9.90 Å². The Morgan fingerprint density at radius 2 is 2.06 bits per heavy atom. The largest absolute Gasteiger partial charge is 0.396 e. The minimum atomic E-state index is -0.0681. The molecule has 18 heavy (non-hydrogen) atoms. The number of amides is 1. The number of hydrogen-bond acceptors (Lipinski definition) is 2. The fourth-order valence-corrected chi connectivity index (χ4v) is 2.62. The summed E-state index contributed by atoms with van der Waals surface area (Å²) in [4.78, 5) is 12.0. The molecule has 2 rings (SSSR count). The maximum atomic E-state index is 12.0. The Morgan fingerprint density at radius 1 is 1.33 bits per heavy atom. The molecule has 0 radical (unpaired) electrons. The molecule has 0 aromatic heterocycles. The monoisotopic (exact) mass is 267 g/mol. The van der Waals surface area contributed by atoms with Crippen LogP contribution in [0.3, 0.4) is 0 Å². The van der Waals surface area contributed by atoms with Crippen molar-refractivity contribution in [2.75, 3.05) is 6.61 Å². The van der Waals surface area contributed by atoms with Crippen molar-refractivity contribution < 1.29 is 9.90 Å². The second-order valence-corrected chi connectivity index (χ2v) is 5.05. The van der Waals surface area contributed by atoms with Crippen molar-refractivity contribution in [2.24, 2.45) is 5.92 Å². The molecule has 2 unspecified atom stereocenters. The summed E-state index contributed by atoms with van der Waals surface area (Å²) in [6, 6.07) is 7.40. The van der Waals surface area contributed by atoms with Crippen molar-refractivity contribution in [1.29, 1.82) is 0 Å². The van der Waals surface area contributed by atoms with Crippen LogP contribution in [0.2, 0.25) is 0 Å². The van der Waals surface area contributed by atoms with Gasteiger partial charge in [0.1, 0.15) is 0 Å². The topological polar surface area (TPSA) is 49.3 Å². The molecule has 1 aromatic rings. The van der Waals surface area contributed by atoms with E-state index in [0.717, 1.165) is 24.8 Å². The number of hydrogen-bond donors (Lipinski definition) is 2. The fraction of sp³-hybridized carbons (Fsp3) is 0.500. The van der Waals surface area contributed by atoms with Gasteiger partial charge < -0.3 is 10.4 Å². The van der Waals surface area contributed by atoms with Gasteiger partial charge in [0.15, 0.2) is 0 Å². The number of carbonyl (C=O) groups excluding carboxylic acids is 1. The Kier molecular flexibility index (Phi) is 4.61. The van der Waals surface area contributed by atoms with E-state index in [1.165, 1.54) is 0 Å². The molecule has 98 valence electrons. The number of nitrogens with one attached hydrogen (secondary N) is 1. The van der Waals surface area contributed by atoms with E-state index < -0.39 is 0 Å². The molecule has 2 atom stereocenters. The molecule has 0 saturated heterocycles. The third-order valence-corrected chi connectivity index (χ3v) is 3.89. The van der Waals surface area contributed by atoms with E-state index in [1.54, 1.807) is 12.1 Å². The van der Waals surface area contributed by atoms with Crippen LogP contribution in [0.1, 0.15) is 35.2 Å². The van der Waals surface area contributed by atoms with Crippen LogP contribution in [0.25, 0.3) is 0 Å². The Hall–Kier alpha value is -1.06. The zero-order valence-electron chi connectivity index (χ0n) is 10.2. The average Bonchev–Trinajstić information content (AvgIpc) is 2.86. The molecule has 0 bridgehead atoms. The van der Waals surface area contributed by atoms with Crippen LogP contribution in [0, 0.1) is 5.92 Å². The summed E-state index contributed by atoms with van der Waals surface area (Å²) in [5.74, 6) is 0.592. The number of alkyl halides is 1. The number of benzene rings is 1. The first-order valence-corrected chi connectivity index (χ1v) is 6.84. The van der Waals surface area contributed by atoms with E-state index >= 15 is 0 Å². The van der Waals surface area contributed by atoms with Crippen LogP contribution in [0.4, 0.5) is 0 Å². The van der Waals surface area contributed by atoms with E-state index in [0.29, 0.717) is 11.4 Å². The van der Waals surface area contributed by atoms with Gasteiger partial charge in [-0.05, 0) is 30.5 Å². The van der Waals surface area contributed by atoms with Crippen molar-refractivity contribution in [3.8, 4) is 0 Å². The highest BCUT2D eigenvalue weighted by Gasteiger charge is 2.27. The molecule has 4 heteroatoms. The Balaban J connectivity index is 1.98. The van der Waals surface area contributed by atoms with Crippen LogP contribution in [-0.2, 0) is 5.88 Å². The van der Waals surface area contributed by atoms with Crippen LogP contribution >= 0.6 is 11.6 Å². The summed E-state index contributed by atoms with van der Waals surface area (Å²) in [5, 5.41) is 12.2. The minimum absolute atomic E-state index is 0.0681. The molecule has 0 heterocycles. The van der Waals surface area contributed by atoms with Crippen LogP contribution in [0.5, 0.6) is 0 Å². The Labute approximate surface area is 112 Å². The van der Waals surface area contributed by atoms with Gasteiger partial charge in [0.2, 0.25) is 0 Å². The number of aliphatic hydroxyl groups is 1. The van der Waals surface area contributed by atoms with Gasteiger partial charge in [0.05, 0.1) is 0 Å². The molecule has 0 spiro atoms. The molecular formula is C14H18ClNO2. The smallest absolute Gasteiger partial charge is 0.251 e. The van der Waals surface area contributed by atoms with Gasteiger partial charge in [-0.2, -0.15) is 0 Å². The number of aliphatic hydroxyl groups excluding tert-OH is 1. The molecule has 1 saturated carbocycles. The first-order valence-electron chi connectivity index (χ1n) is 6.31. The highest BCUT2D eigenvalue weighted by molar-refractivity contribution is 6.17. The molecule has 0 aliphatic heterocycles. The van der Waals surface area contributed by atoms with Crippen molar-refractivity contribution in [3.63, 3.8) is 0 Å². The van der Waals surface area contributed by atoms with Gasteiger partial charge in [-0.1, -0.05) is 18.6 Å².